The lowest BCUT2D eigenvalue weighted by atomic mass is 9.95. The molecule has 1 unspecified atom stereocenters. The van der Waals surface area contributed by atoms with Crippen molar-refractivity contribution in [1.29, 1.82) is 0 Å². The number of H-pyrrole nitrogens is 1. The highest BCUT2D eigenvalue weighted by molar-refractivity contribution is 5.85. The second kappa shape index (κ2) is 4.41. The summed E-state index contributed by atoms with van der Waals surface area (Å²) in [6.07, 6.45) is 2.24. The Kier molecular flexibility index (Phi) is 2.56. The molecule has 20 heavy (non-hydrogen) atoms. The summed E-state index contributed by atoms with van der Waals surface area (Å²) in [6, 6.07) is 17.1. The Hall–Kier alpha value is -2.22. The number of para-hydroxylation sites is 1. The maximum Gasteiger partial charge on any atom is 0.118 e. The minimum absolute atomic E-state index is 0.590. The van der Waals surface area contributed by atoms with E-state index in [1.807, 2.05) is 0 Å². The lowest BCUT2D eigenvalue weighted by molar-refractivity contribution is 0.414. The van der Waals surface area contributed by atoms with Gasteiger partial charge in [-0.1, -0.05) is 30.3 Å². The van der Waals surface area contributed by atoms with Crippen LogP contribution < -0.4 is 4.74 Å². The van der Waals surface area contributed by atoms with E-state index in [0.29, 0.717) is 5.92 Å². The van der Waals surface area contributed by atoms with Crippen LogP contribution in [0.3, 0.4) is 0 Å². The topological polar surface area (TPSA) is 25.0 Å². The zero-order valence-corrected chi connectivity index (χ0v) is 11.5. The van der Waals surface area contributed by atoms with Crippen LogP contribution in [0.1, 0.15) is 22.7 Å². The monoisotopic (exact) mass is 263 g/mol. The number of ether oxygens (including phenoxy) is 1. The number of nitrogens with one attached hydrogen (secondary N) is 1. The average Bonchev–Trinajstić information content (AvgIpc) is 3.05. The molecule has 0 bridgehead atoms. The van der Waals surface area contributed by atoms with Crippen molar-refractivity contribution >= 4 is 10.9 Å². The zero-order chi connectivity index (χ0) is 13.5. The number of hydrogen-bond acceptors (Lipinski definition) is 1. The van der Waals surface area contributed by atoms with Gasteiger partial charge in [-0.05, 0) is 48.1 Å². The van der Waals surface area contributed by atoms with Crippen molar-refractivity contribution in [3.63, 3.8) is 0 Å². The molecule has 0 radical (unpaired) electrons. The van der Waals surface area contributed by atoms with Crippen LogP contribution in [0.25, 0.3) is 10.9 Å². The van der Waals surface area contributed by atoms with Gasteiger partial charge in [0.25, 0.3) is 0 Å². The van der Waals surface area contributed by atoms with E-state index in [2.05, 4.69) is 53.5 Å². The molecular formula is C18H17NO. The van der Waals surface area contributed by atoms with E-state index in [-0.39, 0.29) is 0 Å². The summed E-state index contributed by atoms with van der Waals surface area (Å²) < 4.78 is 5.23. The molecule has 4 rings (SSSR count). The van der Waals surface area contributed by atoms with Gasteiger partial charge in [0.05, 0.1) is 7.11 Å². The molecule has 1 N–H and O–H groups in total. The second-order valence-corrected chi connectivity index (χ2v) is 5.51. The van der Waals surface area contributed by atoms with Crippen LogP contribution in [-0.4, -0.2) is 12.1 Å². The van der Waals surface area contributed by atoms with Crippen LogP contribution in [0.4, 0.5) is 0 Å². The highest BCUT2D eigenvalue weighted by Gasteiger charge is 2.26. The number of hydrogen-bond donors (Lipinski definition) is 1. The summed E-state index contributed by atoms with van der Waals surface area (Å²) in [5.41, 5.74) is 5.58. The van der Waals surface area contributed by atoms with E-state index in [0.717, 1.165) is 18.6 Å². The third kappa shape index (κ3) is 1.72. The Morgan fingerprint density at radius 3 is 2.60 bits per heavy atom. The lowest BCUT2D eigenvalue weighted by Gasteiger charge is -2.10. The van der Waals surface area contributed by atoms with Gasteiger partial charge in [0.2, 0.25) is 0 Å². The maximum atomic E-state index is 5.23. The number of aromatic nitrogens is 1. The normalized spacial score (nSPS) is 17.4. The molecule has 1 aromatic heterocycles. The summed E-state index contributed by atoms with van der Waals surface area (Å²) in [4.78, 5) is 3.57. The molecule has 1 aliphatic carbocycles. The molecule has 0 fully saturated rings. The predicted molar refractivity (Wildman–Crippen MR) is 81.4 cm³/mol. The number of benzene rings is 2. The summed E-state index contributed by atoms with van der Waals surface area (Å²) in [7, 11) is 1.71. The van der Waals surface area contributed by atoms with E-state index in [9.17, 15) is 0 Å². The Morgan fingerprint density at radius 2 is 1.80 bits per heavy atom. The first kappa shape index (κ1) is 11.6. The van der Waals surface area contributed by atoms with Gasteiger partial charge in [-0.3, -0.25) is 0 Å². The van der Waals surface area contributed by atoms with Gasteiger partial charge in [-0.2, -0.15) is 0 Å². The third-order valence-corrected chi connectivity index (χ3v) is 4.39. The first-order valence-electron chi connectivity index (χ1n) is 7.07. The van der Waals surface area contributed by atoms with Crippen LogP contribution in [0.15, 0.2) is 48.5 Å². The van der Waals surface area contributed by atoms with Crippen molar-refractivity contribution in [1.82, 2.24) is 4.98 Å². The molecule has 1 atom stereocenters. The summed E-state index contributed by atoms with van der Waals surface area (Å²) in [5, 5.41) is 1.39. The van der Waals surface area contributed by atoms with E-state index < -0.39 is 0 Å². The minimum atomic E-state index is 0.590. The molecular weight excluding hydrogens is 246 g/mol. The van der Waals surface area contributed by atoms with Gasteiger partial charge in [0.15, 0.2) is 0 Å². The lowest BCUT2D eigenvalue weighted by Crippen LogP contribution is -1.98. The number of fused-ring (bicyclic) bond motifs is 3. The van der Waals surface area contributed by atoms with Gasteiger partial charge >= 0.3 is 0 Å². The fourth-order valence-corrected chi connectivity index (χ4v) is 3.34. The molecule has 0 aliphatic heterocycles. The molecule has 1 heterocycles. The zero-order valence-electron chi connectivity index (χ0n) is 11.5. The van der Waals surface area contributed by atoms with Crippen molar-refractivity contribution in [2.45, 2.75) is 18.8 Å². The van der Waals surface area contributed by atoms with Crippen molar-refractivity contribution in [2.24, 2.45) is 0 Å². The summed E-state index contributed by atoms with van der Waals surface area (Å²) in [5.74, 6) is 1.52. The van der Waals surface area contributed by atoms with Gasteiger partial charge in [-0.15, -0.1) is 0 Å². The van der Waals surface area contributed by atoms with E-state index in [1.54, 1.807) is 7.11 Å². The fourth-order valence-electron chi connectivity index (χ4n) is 3.34. The molecule has 0 amide bonds. The first-order chi connectivity index (χ1) is 9.85. The van der Waals surface area contributed by atoms with Gasteiger partial charge in [0, 0.05) is 16.6 Å². The van der Waals surface area contributed by atoms with Crippen molar-refractivity contribution < 1.29 is 4.74 Å². The smallest absolute Gasteiger partial charge is 0.118 e. The SMILES string of the molecule is COc1ccc(C2Cc3[nH]c4ccccc4c3C2)cc1. The molecule has 2 nitrogen and oxygen atoms in total. The molecule has 1 aliphatic rings. The van der Waals surface area contributed by atoms with Crippen molar-refractivity contribution in [2.75, 3.05) is 7.11 Å². The highest BCUT2D eigenvalue weighted by Crippen LogP contribution is 2.38. The predicted octanol–water partition coefficient (Wildman–Crippen LogP) is 4.06. The van der Waals surface area contributed by atoms with Crippen LogP contribution in [0, 0.1) is 0 Å². The number of methoxy groups -OCH3 is 1. The molecule has 2 heteroatoms. The van der Waals surface area contributed by atoms with Crippen LogP contribution in [0.2, 0.25) is 0 Å². The Balaban J connectivity index is 1.67. The summed E-state index contributed by atoms with van der Waals surface area (Å²) >= 11 is 0. The van der Waals surface area contributed by atoms with Crippen molar-refractivity contribution in [3.8, 4) is 5.75 Å². The Morgan fingerprint density at radius 1 is 1.00 bits per heavy atom. The van der Waals surface area contributed by atoms with Gasteiger partial charge < -0.3 is 9.72 Å². The number of aromatic amines is 1. The minimum Gasteiger partial charge on any atom is -0.497 e. The van der Waals surface area contributed by atoms with Crippen LogP contribution >= 0.6 is 0 Å². The molecule has 2 aromatic carbocycles. The van der Waals surface area contributed by atoms with E-state index in [4.69, 9.17) is 4.74 Å². The Labute approximate surface area is 118 Å². The molecule has 0 spiro atoms. The molecule has 0 saturated carbocycles. The largest absolute Gasteiger partial charge is 0.497 e. The van der Waals surface area contributed by atoms with E-state index in [1.165, 1.54) is 27.7 Å². The first-order valence-corrected chi connectivity index (χ1v) is 7.07. The number of rotatable bonds is 2. The van der Waals surface area contributed by atoms with Crippen molar-refractivity contribution in [3.05, 3.63) is 65.4 Å². The van der Waals surface area contributed by atoms with Crippen LogP contribution in [0.5, 0.6) is 5.75 Å². The van der Waals surface area contributed by atoms with Crippen LogP contribution in [-0.2, 0) is 12.8 Å². The quantitative estimate of drug-likeness (QED) is 0.741. The average molecular weight is 263 g/mol. The fraction of sp³-hybridized carbons (Fsp3) is 0.222. The molecule has 100 valence electrons. The van der Waals surface area contributed by atoms with Gasteiger partial charge in [0.1, 0.15) is 5.75 Å². The molecule has 0 saturated heterocycles. The highest BCUT2D eigenvalue weighted by atomic mass is 16.5. The van der Waals surface area contributed by atoms with Gasteiger partial charge in [-0.25, -0.2) is 0 Å². The Bertz CT molecular complexity index is 755. The second-order valence-electron chi connectivity index (χ2n) is 5.51. The standard InChI is InChI=1S/C18H17NO/c1-20-14-8-6-12(7-9-14)13-10-16-15-4-2-3-5-17(15)19-18(16)11-13/h2-9,13,19H,10-11H2,1H3. The summed E-state index contributed by atoms with van der Waals surface area (Å²) in [6.45, 7) is 0. The maximum absolute atomic E-state index is 5.23. The molecule has 3 aromatic rings. The van der Waals surface area contributed by atoms with E-state index >= 15 is 0 Å². The third-order valence-electron chi connectivity index (χ3n) is 4.39.